The highest BCUT2D eigenvalue weighted by Gasteiger charge is 2.20. The Morgan fingerprint density at radius 3 is 2.61 bits per heavy atom. The first-order chi connectivity index (χ1) is 8.59. The Labute approximate surface area is 124 Å². The Hall–Kier alpha value is -0.480. The number of hydrogen-bond acceptors (Lipinski definition) is 1. The lowest BCUT2D eigenvalue weighted by Crippen LogP contribution is -2.10. The summed E-state index contributed by atoms with van der Waals surface area (Å²) in [5.74, 6) is 0. The van der Waals surface area contributed by atoms with Gasteiger partial charge in [-0.1, -0.05) is 0 Å². The number of hydrogen-bond donors (Lipinski definition) is 1. The summed E-state index contributed by atoms with van der Waals surface area (Å²) in [5, 5.41) is 1.37. The number of fused-ring (bicyclic) bond motifs is 3. The first-order valence-electron chi connectivity index (χ1n) is 6.28. The second-order valence-electron chi connectivity index (χ2n) is 5.13. The van der Waals surface area contributed by atoms with Gasteiger partial charge in [-0.15, -0.1) is 0 Å². The largest absolute Gasteiger partial charge is 0.376 e. The predicted molar refractivity (Wildman–Crippen MR) is 84.7 cm³/mol. The van der Waals surface area contributed by atoms with E-state index in [0.29, 0.717) is 0 Å². The molecule has 1 aliphatic carbocycles. The van der Waals surface area contributed by atoms with Gasteiger partial charge in [-0.3, -0.25) is 0 Å². The normalized spacial score (nSPS) is 14.9. The fourth-order valence-electron chi connectivity index (χ4n) is 2.89. The second-order valence-corrected chi connectivity index (χ2v) is 6.77. The third-order valence-corrected chi connectivity index (χ3v) is 5.07. The maximum Gasteiger partial charge on any atom is 0.0657 e. The molecule has 3 rings (SSSR count). The van der Waals surface area contributed by atoms with Crippen LogP contribution in [-0.2, 0) is 12.8 Å². The summed E-state index contributed by atoms with van der Waals surface area (Å²) < 4.78 is 2.33. The van der Waals surface area contributed by atoms with Crippen LogP contribution in [0.4, 0.5) is 5.69 Å². The van der Waals surface area contributed by atoms with Crippen LogP contribution in [0, 0.1) is 0 Å². The van der Waals surface area contributed by atoms with E-state index in [1.165, 1.54) is 58.0 Å². The molecule has 0 fully saturated rings. The van der Waals surface area contributed by atoms with E-state index in [-0.39, 0.29) is 0 Å². The molecule has 0 radical (unpaired) electrons. The van der Waals surface area contributed by atoms with Gasteiger partial charge in [0.1, 0.15) is 0 Å². The van der Waals surface area contributed by atoms with Crippen LogP contribution in [0.25, 0.3) is 10.9 Å². The van der Waals surface area contributed by atoms with Crippen molar-refractivity contribution in [1.82, 2.24) is 4.98 Å². The standard InChI is InChI=1S/C14H16Br2N2/c1-18(2)14-9(15)7-11-12(13(14)16)8-5-3-4-6-10(8)17-11/h7,17H,3-6H2,1-2H3. The van der Waals surface area contributed by atoms with Crippen molar-refractivity contribution in [2.45, 2.75) is 25.7 Å². The summed E-state index contributed by atoms with van der Waals surface area (Å²) in [4.78, 5) is 5.73. The fourth-order valence-corrected chi connectivity index (χ4v) is 4.96. The van der Waals surface area contributed by atoms with Crippen molar-refractivity contribution in [3.8, 4) is 0 Å². The predicted octanol–water partition coefficient (Wildman–Crippen LogP) is 4.64. The van der Waals surface area contributed by atoms with Gasteiger partial charge in [-0.05, 0) is 69.2 Å². The first-order valence-corrected chi connectivity index (χ1v) is 7.87. The second kappa shape index (κ2) is 4.57. The third kappa shape index (κ3) is 1.81. The molecule has 0 saturated carbocycles. The molecule has 0 unspecified atom stereocenters. The Morgan fingerprint density at radius 1 is 1.17 bits per heavy atom. The van der Waals surface area contributed by atoms with E-state index in [4.69, 9.17) is 0 Å². The van der Waals surface area contributed by atoms with E-state index < -0.39 is 0 Å². The molecule has 0 saturated heterocycles. The number of nitrogens with one attached hydrogen (secondary N) is 1. The molecule has 2 aromatic rings. The SMILES string of the molecule is CN(C)c1c(Br)cc2[nH]c3c(c2c1Br)CCCC3. The molecule has 96 valence electrons. The molecule has 0 spiro atoms. The van der Waals surface area contributed by atoms with Crippen LogP contribution in [-0.4, -0.2) is 19.1 Å². The number of rotatable bonds is 1. The zero-order valence-electron chi connectivity index (χ0n) is 10.6. The fraction of sp³-hybridized carbons (Fsp3) is 0.429. The van der Waals surface area contributed by atoms with E-state index in [0.717, 1.165) is 4.47 Å². The van der Waals surface area contributed by atoms with Crippen LogP contribution in [0.5, 0.6) is 0 Å². The van der Waals surface area contributed by atoms with Crippen LogP contribution >= 0.6 is 31.9 Å². The van der Waals surface area contributed by atoms with Gasteiger partial charge in [-0.2, -0.15) is 0 Å². The van der Waals surface area contributed by atoms with Gasteiger partial charge in [0.2, 0.25) is 0 Å². The molecule has 1 aliphatic rings. The average Bonchev–Trinajstić information content (AvgIpc) is 2.66. The quantitative estimate of drug-likeness (QED) is 0.773. The van der Waals surface area contributed by atoms with Crippen molar-refractivity contribution in [2.75, 3.05) is 19.0 Å². The highest BCUT2D eigenvalue weighted by molar-refractivity contribution is 9.11. The van der Waals surface area contributed by atoms with E-state index in [9.17, 15) is 0 Å². The Balaban J connectivity index is 2.35. The number of H-pyrrole nitrogens is 1. The Kier molecular flexibility index (Phi) is 3.18. The minimum Gasteiger partial charge on any atom is -0.376 e. The van der Waals surface area contributed by atoms with Crippen LogP contribution in [0.3, 0.4) is 0 Å². The monoisotopic (exact) mass is 370 g/mol. The van der Waals surface area contributed by atoms with Crippen molar-refractivity contribution in [3.63, 3.8) is 0 Å². The summed E-state index contributed by atoms with van der Waals surface area (Å²) in [6.45, 7) is 0. The third-order valence-electron chi connectivity index (χ3n) is 3.70. The van der Waals surface area contributed by atoms with Gasteiger partial charge in [0.15, 0.2) is 0 Å². The number of aromatic amines is 1. The molecular formula is C14H16Br2N2. The molecule has 18 heavy (non-hydrogen) atoms. The summed E-state index contributed by atoms with van der Waals surface area (Å²) in [6, 6.07) is 2.20. The van der Waals surface area contributed by atoms with Crippen molar-refractivity contribution >= 4 is 48.5 Å². The molecule has 1 aromatic heterocycles. The smallest absolute Gasteiger partial charge is 0.0657 e. The summed E-state index contributed by atoms with van der Waals surface area (Å²) in [5.41, 5.74) is 5.40. The van der Waals surface area contributed by atoms with Crippen LogP contribution < -0.4 is 4.90 Å². The first kappa shape index (κ1) is 12.5. The number of halogens is 2. The maximum absolute atomic E-state index is 3.80. The minimum absolute atomic E-state index is 1.13. The molecule has 0 bridgehead atoms. The van der Waals surface area contributed by atoms with E-state index >= 15 is 0 Å². The molecular weight excluding hydrogens is 356 g/mol. The molecule has 2 nitrogen and oxygen atoms in total. The lowest BCUT2D eigenvalue weighted by Gasteiger charge is -2.18. The highest BCUT2D eigenvalue weighted by atomic mass is 79.9. The number of aromatic nitrogens is 1. The van der Waals surface area contributed by atoms with E-state index in [1.54, 1.807) is 0 Å². The van der Waals surface area contributed by atoms with Gasteiger partial charge in [0.25, 0.3) is 0 Å². The van der Waals surface area contributed by atoms with Crippen molar-refractivity contribution in [3.05, 3.63) is 26.3 Å². The summed E-state index contributed by atoms with van der Waals surface area (Å²) in [6.07, 6.45) is 4.99. The lowest BCUT2D eigenvalue weighted by atomic mass is 9.95. The highest BCUT2D eigenvalue weighted by Crippen LogP contribution is 2.42. The van der Waals surface area contributed by atoms with Crippen molar-refractivity contribution < 1.29 is 0 Å². The summed E-state index contributed by atoms with van der Waals surface area (Å²) in [7, 11) is 4.16. The Bertz CT molecular complexity index is 614. The van der Waals surface area contributed by atoms with Gasteiger partial charge < -0.3 is 9.88 Å². The molecule has 1 heterocycles. The molecule has 1 N–H and O–H groups in total. The topological polar surface area (TPSA) is 19.0 Å². The van der Waals surface area contributed by atoms with E-state index in [2.05, 4.69) is 61.9 Å². The van der Waals surface area contributed by atoms with Gasteiger partial charge in [0.05, 0.1) is 10.2 Å². The molecule has 1 aromatic carbocycles. The van der Waals surface area contributed by atoms with Crippen LogP contribution in [0.2, 0.25) is 0 Å². The molecule has 4 heteroatoms. The van der Waals surface area contributed by atoms with Gasteiger partial charge in [-0.25, -0.2) is 0 Å². The number of anilines is 1. The average molecular weight is 372 g/mol. The number of benzene rings is 1. The van der Waals surface area contributed by atoms with Crippen molar-refractivity contribution in [2.24, 2.45) is 0 Å². The zero-order chi connectivity index (χ0) is 12.9. The zero-order valence-corrected chi connectivity index (χ0v) is 13.8. The summed E-state index contributed by atoms with van der Waals surface area (Å²) >= 11 is 7.47. The minimum atomic E-state index is 1.13. The maximum atomic E-state index is 3.80. The van der Waals surface area contributed by atoms with Crippen molar-refractivity contribution in [1.29, 1.82) is 0 Å². The lowest BCUT2D eigenvalue weighted by molar-refractivity contribution is 0.680. The Morgan fingerprint density at radius 2 is 1.89 bits per heavy atom. The molecule has 0 aliphatic heterocycles. The molecule has 0 atom stereocenters. The van der Waals surface area contributed by atoms with Gasteiger partial charge in [0, 0.05) is 35.2 Å². The number of nitrogens with zero attached hydrogens (tertiary/aromatic N) is 1. The van der Waals surface area contributed by atoms with Crippen LogP contribution in [0.15, 0.2) is 15.0 Å². The van der Waals surface area contributed by atoms with E-state index in [1.807, 2.05) is 0 Å². The molecule has 0 amide bonds. The van der Waals surface area contributed by atoms with Crippen LogP contribution in [0.1, 0.15) is 24.1 Å². The van der Waals surface area contributed by atoms with Gasteiger partial charge >= 0.3 is 0 Å². The number of aryl methyl sites for hydroxylation is 2.